The lowest BCUT2D eigenvalue weighted by atomic mass is 10.1. The molecule has 0 radical (unpaired) electrons. The molecule has 0 aliphatic heterocycles. The molecule has 0 unspecified atom stereocenters. The molecule has 0 aliphatic rings. The molecule has 2 N–H and O–H groups in total. The normalized spacial score (nSPS) is 11.2. The number of ether oxygens (including phenoxy) is 1. The summed E-state index contributed by atoms with van der Waals surface area (Å²) in [5, 5.41) is 2.98. The van der Waals surface area contributed by atoms with E-state index in [9.17, 15) is 13.2 Å². The average Bonchev–Trinajstić information content (AvgIpc) is 2.79. The third-order valence-electron chi connectivity index (χ3n) is 4.89. The molecule has 32 heavy (non-hydrogen) atoms. The third kappa shape index (κ3) is 6.09. The Hall–Kier alpha value is -2.87. The van der Waals surface area contributed by atoms with Gasteiger partial charge in [0.1, 0.15) is 5.75 Å². The second-order valence-electron chi connectivity index (χ2n) is 7.20. The number of benzene rings is 3. The van der Waals surface area contributed by atoms with E-state index in [0.29, 0.717) is 0 Å². The zero-order chi connectivity index (χ0) is 23.1. The van der Waals surface area contributed by atoms with Crippen molar-refractivity contribution in [3.8, 4) is 5.75 Å². The van der Waals surface area contributed by atoms with E-state index in [2.05, 4.69) is 10.0 Å². The van der Waals surface area contributed by atoms with Gasteiger partial charge < -0.3 is 10.1 Å². The first-order chi connectivity index (χ1) is 15.3. The molecule has 0 saturated heterocycles. The molecular formula is C24H25ClN2O4S. The number of hydrogen-bond acceptors (Lipinski definition) is 4. The van der Waals surface area contributed by atoms with Gasteiger partial charge in [0.25, 0.3) is 5.91 Å². The van der Waals surface area contributed by atoms with Crippen molar-refractivity contribution in [1.29, 1.82) is 0 Å². The summed E-state index contributed by atoms with van der Waals surface area (Å²) in [5.74, 6) is -0.101. The van der Waals surface area contributed by atoms with Gasteiger partial charge in [-0.3, -0.25) is 4.79 Å². The van der Waals surface area contributed by atoms with Gasteiger partial charge in [0.05, 0.1) is 9.92 Å². The van der Waals surface area contributed by atoms with Crippen LogP contribution >= 0.6 is 11.6 Å². The summed E-state index contributed by atoms with van der Waals surface area (Å²) >= 11 is 6.22. The van der Waals surface area contributed by atoms with E-state index in [0.717, 1.165) is 28.8 Å². The highest BCUT2D eigenvalue weighted by atomic mass is 35.5. The van der Waals surface area contributed by atoms with Gasteiger partial charge in [-0.15, -0.1) is 0 Å². The number of sulfonamides is 1. The Morgan fingerprint density at radius 2 is 1.78 bits per heavy atom. The van der Waals surface area contributed by atoms with Crippen molar-refractivity contribution >= 4 is 33.2 Å². The Bertz CT molecular complexity index is 1200. The molecule has 0 bridgehead atoms. The number of carbonyl (C=O) groups excluding carboxylic acids is 1. The van der Waals surface area contributed by atoms with Gasteiger partial charge >= 0.3 is 0 Å². The molecule has 0 fully saturated rings. The maximum atomic E-state index is 12.6. The molecule has 0 heterocycles. The lowest BCUT2D eigenvalue weighted by molar-refractivity contribution is -0.118. The van der Waals surface area contributed by atoms with Gasteiger partial charge in [-0.1, -0.05) is 67.1 Å². The van der Waals surface area contributed by atoms with Crippen LogP contribution in [0.3, 0.4) is 0 Å². The molecule has 1 amide bonds. The highest BCUT2D eigenvalue weighted by Gasteiger charge is 2.17. The van der Waals surface area contributed by atoms with Gasteiger partial charge in [0, 0.05) is 12.2 Å². The van der Waals surface area contributed by atoms with Crippen molar-refractivity contribution < 1.29 is 17.9 Å². The highest BCUT2D eigenvalue weighted by Crippen LogP contribution is 2.28. The molecule has 6 nitrogen and oxygen atoms in total. The maximum Gasteiger partial charge on any atom is 0.262 e. The molecule has 8 heteroatoms. The number of hydrogen-bond donors (Lipinski definition) is 2. The number of para-hydroxylation sites is 1. The molecule has 3 aromatic carbocycles. The molecule has 0 spiro atoms. The summed E-state index contributed by atoms with van der Waals surface area (Å²) in [7, 11) is -3.75. The molecule has 0 saturated carbocycles. The van der Waals surface area contributed by atoms with E-state index in [-0.39, 0.29) is 34.7 Å². The molecule has 0 aromatic heterocycles. The molecule has 3 rings (SSSR count). The summed E-state index contributed by atoms with van der Waals surface area (Å²) in [4.78, 5) is 12.4. The number of carbonyl (C=O) groups is 1. The first kappa shape index (κ1) is 23.8. The summed E-state index contributed by atoms with van der Waals surface area (Å²) < 4.78 is 33.2. The van der Waals surface area contributed by atoms with E-state index in [1.54, 1.807) is 0 Å². The zero-order valence-corrected chi connectivity index (χ0v) is 19.5. The van der Waals surface area contributed by atoms with Crippen molar-refractivity contribution in [2.45, 2.75) is 31.7 Å². The minimum Gasteiger partial charge on any atom is -0.482 e. The topological polar surface area (TPSA) is 84.5 Å². The van der Waals surface area contributed by atoms with Gasteiger partial charge in [-0.2, -0.15) is 0 Å². The standard InChI is InChI=1S/C24H25ClN2O4S/c1-3-19-11-7-8-17(2)24(19)27-23(28)16-31-22-13-12-20(14-21(22)25)32(29,30)26-15-18-9-5-4-6-10-18/h4-14,26H,3,15-16H2,1-2H3,(H,27,28). The first-order valence-electron chi connectivity index (χ1n) is 10.1. The summed E-state index contributed by atoms with van der Waals surface area (Å²) in [6, 6.07) is 19.2. The zero-order valence-electron chi connectivity index (χ0n) is 17.9. The Morgan fingerprint density at radius 1 is 1.03 bits per heavy atom. The minimum absolute atomic E-state index is 0.0164. The van der Waals surface area contributed by atoms with Gasteiger partial charge in [0.2, 0.25) is 10.0 Å². The smallest absolute Gasteiger partial charge is 0.262 e. The Balaban J connectivity index is 1.62. The maximum absolute atomic E-state index is 12.6. The number of rotatable bonds is 9. The van der Waals surface area contributed by atoms with Gasteiger partial charge in [0.15, 0.2) is 6.61 Å². The fourth-order valence-corrected chi connectivity index (χ4v) is 4.49. The highest BCUT2D eigenvalue weighted by molar-refractivity contribution is 7.89. The van der Waals surface area contributed by atoms with Crippen LogP contribution in [-0.2, 0) is 27.8 Å². The van der Waals surface area contributed by atoms with Gasteiger partial charge in [-0.25, -0.2) is 13.1 Å². The van der Waals surface area contributed by atoms with Crippen LogP contribution in [0, 0.1) is 6.92 Å². The van der Waals surface area contributed by atoms with Crippen LogP contribution in [0.5, 0.6) is 5.75 Å². The fourth-order valence-electron chi connectivity index (χ4n) is 3.14. The van der Waals surface area contributed by atoms with Gasteiger partial charge in [-0.05, 0) is 48.2 Å². The number of halogens is 1. The van der Waals surface area contributed by atoms with Crippen molar-refractivity contribution in [1.82, 2.24) is 4.72 Å². The van der Waals surface area contributed by atoms with E-state index in [1.165, 1.54) is 18.2 Å². The van der Waals surface area contributed by atoms with Crippen molar-refractivity contribution in [3.63, 3.8) is 0 Å². The van der Waals surface area contributed by atoms with Crippen molar-refractivity contribution in [2.24, 2.45) is 0 Å². The number of aryl methyl sites for hydroxylation is 2. The average molecular weight is 473 g/mol. The largest absolute Gasteiger partial charge is 0.482 e. The number of amides is 1. The van der Waals surface area contributed by atoms with E-state index >= 15 is 0 Å². The summed E-state index contributed by atoms with van der Waals surface area (Å²) in [5.41, 5.74) is 3.62. The first-order valence-corrected chi connectivity index (χ1v) is 12.0. The van der Waals surface area contributed by atoms with Crippen LogP contribution in [-0.4, -0.2) is 20.9 Å². The monoisotopic (exact) mass is 472 g/mol. The third-order valence-corrected chi connectivity index (χ3v) is 6.58. The van der Waals surface area contributed by atoms with E-state index < -0.39 is 10.0 Å². The Kier molecular flexibility index (Phi) is 7.90. The fraction of sp³-hybridized carbons (Fsp3) is 0.208. The molecule has 168 valence electrons. The second kappa shape index (κ2) is 10.6. The van der Waals surface area contributed by atoms with Crippen LogP contribution in [0.1, 0.15) is 23.6 Å². The second-order valence-corrected chi connectivity index (χ2v) is 9.38. The lowest BCUT2D eigenvalue weighted by Crippen LogP contribution is -2.23. The SMILES string of the molecule is CCc1cccc(C)c1NC(=O)COc1ccc(S(=O)(=O)NCc2ccccc2)cc1Cl. The molecular weight excluding hydrogens is 448 g/mol. The van der Waals surface area contributed by atoms with Crippen molar-refractivity contribution in [2.75, 3.05) is 11.9 Å². The lowest BCUT2D eigenvalue weighted by Gasteiger charge is -2.14. The predicted molar refractivity (Wildman–Crippen MR) is 127 cm³/mol. The van der Waals surface area contributed by atoms with Crippen molar-refractivity contribution in [3.05, 3.63) is 88.4 Å². The number of anilines is 1. The summed E-state index contributed by atoms with van der Waals surface area (Å²) in [6.45, 7) is 3.86. The van der Waals surface area contributed by atoms with Crippen LogP contribution in [0.4, 0.5) is 5.69 Å². The number of nitrogens with one attached hydrogen (secondary N) is 2. The van der Waals surface area contributed by atoms with Crippen LogP contribution in [0.25, 0.3) is 0 Å². The predicted octanol–water partition coefficient (Wildman–Crippen LogP) is 4.71. The van der Waals surface area contributed by atoms with Crippen LogP contribution in [0.15, 0.2) is 71.6 Å². The minimum atomic E-state index is -3.75. The Morgan fingerprint density at radius 3 is 2.47 bits per heavy atom. The molecule has 0 aliphatic carbocycles. The van der Waals surface area contributed by atoms with E-state index in [1.807, 2.05) is 62.4 Å². The van der Waals surface area contributed by atoms with Crippen LogP contribution in [0.2, 0.25) is 5.02 Å². The molecule has 0 atom stereocenters. The molecule has 3 aromatic rings. The Labute approximate surface area is 193 Å². The quantitative estimate of drug-likeness (QED) is 0.472. The van der Waals surface area contributed by atoms with E-state index in [4.69, 9.17) is 16.3 Å². The summed E-state index contributed by atoms with van der Waals surface area (Å²) in [6.07, 6.45) is 0.790. The van der Waals surface area contributed by atoms with Crippen LogP contribution < -0.4 is 14.8 Å².